The zero-order chi connectivity index (χ0) is 16.9. The molecule has 126 valence electrons. The van der Waals surface area contributed by atoms with Gasteiger partial charge >= 0.3 is 6.03 Å². The van der Waals surface area contributed by atoms with E-state index in [-0.39, 0.29) is 6.03 Å². The maximum atomic E-state index is 12.7. The largest absolute Gasteiger partial charge is 0.497 e. The number of nitrogens with one attached hydrogen (secondary N) is 1. The first kappa shape index (κ1) is 16.2. The Hall–Kier alpha value is -2.69. The molecule has 1 N–H and O–H groups in total. The third kappa shape index (κ3) is 3.98. The van der Waals surface area contributed by atoms with Crippen LogP contribution in [0.1, 0.15) is 18.4 Å². The summed E-state index contributed by atoms with van der Waals surface area (Å²) in [5, 5.41) is 2.96. The van der Waals surface area contributed by atoms with Gasteiger partial charge in [0, 0.05) is 24.3 Å². The highest BCUT2D eigenvalue weighted by Gasteiger charge is 2.32. The van der Waals surface area contributed by atoms with E-state index < -0.39 is 0 Å². The summed E-state index contributed by atoms with van der Waals surface area (Å²) in [5.74, 6) is 1.54. The van der Waals surface area contributed by atoms with Crippen LogP contribution in [0.25, 0.3) is 0 Å². The lowest BCUT2D eigenvalue weighted by atomic mass is 10.2. The highest BCUT2D eigenvalue weighted by atomic mass is 16.5. The van der Waals surface area contributed by atoms with Gasteiger partial charge in [0.1, 0.15) is 11.5 Å². The molecule has 1 aliphatic rings. The van der Waals surface area contributed by atoms with Crippen molar-refractivity contribution < 1.29 is 14.3 Å². The van der Waals surface area contributed by atoms with Crippen LogP contribution in [0.15, 0.2) is 48.5 Å². The number of nitrogens with zero attached hydrogens (tertiary/aromatic N) is 1. The van der Waals surface area contributed by atoms with Gasteiger partial charge < -0.3 is 19.7 Å². The minimum atomic E-state index is -0.0819. The molecule has 0 saturated heterocycles. The van der Waals surface area contributed by atoms with Gasteiger partial charge in [0.2, 0.25) is 0 Å². The first-order valence-corrected chi connectivity index (χ1v) is 8.04. The van der Waals surface area contributed by atoms with Crippen molar-refractivity contribution in [1.82, 2.24) is 4.90 Å². The normalized spacial score (nSPS) is 13.2. The number of anilines is 1. The second kappa shape index (κ2) is 7.25. The number of benzene rings is 2. The Morgan fingerprint density at radius 2 is 1.79 bits per heavy atom. The molecule has 24 heavy (non-hydrogen) atoms. The van der Waals surface area contributed by atoms with Crippen LogP contribution in [0.3, 0.4) is 0 Å². The molecule has 2 amide bonds. The quantitative estimate of drug-likeness (QED) is 0.876. The summed E-state index contributed by atoms with van der Waals surface area (Å²) >= 11 is 0. The number of carbonyl (C=O) groups excluding carboxylic acids is 1. The van der Waals surface area contributed by atoms with Crippen molar-refractivity contribution in [2.45, 2.75) is 25.4 Å². The van der Waals surface area contributed by atoms with E-state index in [0.717, 1.165) is 35.6 Å². The van der Waals surface area contributed by atoms with Crippen molar-refractivity contribution in [3.8, 4) is 11.5 Å². The minimum absolute atomic E-state index is 0.0819. The van der Waals surface area contributed by atoms with Gasteiger partial charge in [-0.3, -0.25) is 0 Å². The molecule has 0 radical (unpaired) electrons. The Labute approximate surface area is 142 Å². The Morgan fingerprint density at radius 1 is 1.08 bits per heavy atom. The van der Waals surface area contributed by atoms with Crippen molar-refractivity contribution in [2.75, 3.05) is 19.5 Å². The van der Waals surface area contributed by atoms with Gasteiger partial charge in [0.15, 0.2) is 0 Å². The molecule has 0 bridgehead atoms. The lowest BCUT2D eigenvalue weighted by Crippen LogP contribution is -2.36. The van der Waals surface area contributed by atoms with Crippen LogP contribution in [0.4, 0.5) is 10.5 Å². The Kier molecular flexibility index (Phi) is 4.89. The molecular weight excluding hydrogens is 304 g/mol. The zero-order valence-electron chi connectivity index (χ0n) is 14.0. The van der Waals surface area contributed by atoms with Crippen molar-refractivity contribution in [3.63, 3.8) is 0 Å². The summed E-state index contributed by atoms with van der Waals surface area (Å²) in [6.07, 6.45) is 2.11. The van der Waals surface area contributed by atoms with Crippen molar-refractivity contribution >= 4 is 11.7 Å². The lowest BCUT2D eigenvalue weighted by Gasteiger charge is -2.23. The fraction of sp³-hybridized carbons (Fsp3) is 0.316. The van der Waals surface area contributed by atoms with Gasteiger partial charge in [-0.2, -0.15) is 0 Å². The van der Waals surface area contributed by atoms with E-state index in [1.54, 1.807) is 14.2 Å². The fourth-order valence-electron chi connectivity index (χ4n) is 2.58. The predicted octanol–water partition coefficient (Wildman–Crippen LogP) is 3.90. The number of methoxy groups -OCH3 is 2. The van der Waals surface area contributed by atoms with Crippen LogP contribution in [0.2, 0.25) is 0 Å². The van der Waals surface area contributed by atoms with Crippen LogP contribution in [-0.2, 0) is 6.54 Å². The number of rotatable bonds is 6. The number of urea groups is 1. The van der Waals surface area contributed by atoms with Crippen LogP contribution < -0.4 is 14.8 Å². The molecule has 2 aromatic rings. The number of hydrogen-bond donors (Lipinski definition) is 1. The average molecular weight is 326 g/mol. The number of hydrogen-bond acceptors (Lipinski definition) is 3. The molecule has 5 nitrogen and oxygen atoms in total. The maximum Gasteiger partial charge on any atom is 0.322 e. The maximum absolute atomic E-state index is 12.7. The van der Waals surface area contributed by atoms with Crippen molar-refractivity contribution in [2.24, 2.45) is 0 Å². The van der Waals surface area contributed by atoms with E-state index in [4.69, 9.17) is 9.47 Å². The van der Waals surface area contributed by atoms with Crippen molar-refractivity contribution in [1.29, 1.82) is 0 Å². The molecule has 1 aliphatic carbocycles. The van der Waals surface area contributed by atoms with Crippen LogP contribution >= 0.6 is 0 Å². The molecule has 5 heteroatoms. The molecule has 0 aliphatic heterocycles. The van der Waals surface area contributed by atoms with Gasteiger partial charge in [-0.1, -0.05) is 18.2 Å². The van der Waals surface area contributed by atoms with Crippen LogP contribution in [0, 0.1) is 0 Å². The van der Waals surface area contributed by atoms with Gasteiger partial charge in [-0.15, -0.1) is 0 Å². The standard InChI is InChI=1S/C19H22N2O3/c1-23-17-10-6-14(7-11-17)13-21(16-8-9-16)19(22)20-15-4-3-5-18(12-15)24-2/h3-7,10-12,16H,8-9,13H2,1-2H3,(H,20,22). The second-order valence-electron chi connectivity index (χ2n) is 5.87. The third-order valence-corrected chi connectivity index (χ3v) is 4.08. The fourth-order valence-corrected chi connectivity index (χ4v) is 2.58. The molecule has 0 unspecified atom stereocenters. The van der Waals surface area contributed by atoms with Gasteiger partial charge in [-0.05, 0) is 42.7 Å². The Morgan fingerprint density at radius 3 is 2.42 bits per heavy atom. The summed E-state index contributed by atoms with van der Waals surface area (Å²) in [5.41, 5.74) is 1.82. The first-order valence-electron chi connectivity index (χ1n) is 8.04. The summed E-state index contributed by atoms with van der Waals surface area (Å²) in [4.78, 5) is 14.6. The number of amides is 2. The number of carbonyl (C=O) groups is 1. The van der Waals surface area contributed by atoms with Gasteiger partial charge in [0.05, 0.1) is 14.2 Å². The SMILES string of the molecule is COc1ccc(CN(C(=O)Nc2cccc(OC)c2)C2CC2)cc1. The Bertz CT molecular complexity index is 696. The molecule has 0 heterocycles. The predicted molar refractivity (Wildman–Crippen MR) is 93.6 cm³/mol. The summed E-state index contributed by atoms with van der Waals surface area (Å²) in [7, 11) is 3.26. The third-order valence-electron chi connectivity index (χ3n) is 4.08. The molecule has 0 spiro atoms. The second-order valence-corrected chi connectivity index (χ2v) is 5.87. The topological polar surface area (TPSA) is 50.8 Å². The lowest BCUT2D eigenvalue weighted by molar-refractivity contribution is 0.206. The summed E-state index contributed by atoms with van der Waals surface area (Å²) in [6.45, 7) is 0.588. The monoisotopic (exact) mass is 326 g/mol. The highest BCUT2D eigenvalue weighted by Crippen LogP contribution is 2.29. The van der Waals surface area contributed by atoms with E-state index in [1.165, 1.54) is 0 Å². The van der Waals surface area contributed by atoms with E-state index in [9.17, 15) is 4.79 Å². The van der Waals surface area contributed by atoms with E-state index >= 15 is 0 Å². The average Bonchev–Trinajstić information content (AvgIpc) is 3.45. The van der Waals surface area contributed by atoms with Gasteiger partial charge in [0.25, 0.3) is 0 Å². The summed E-state index contributed by atoms with van der Waals surface area (Å²) < 4.78 is 10.4. The van der Waals surface area contributed by atoms with Crippen LogP contribution in [0.5, 0.6) is 11.5 Å². The zero-order valence-corrected chi connectivity index (χ0v) is 14.0. The van der Waals surface area contributed by atoms with Gasteiger partial charge in [-0.25, -0.2) is 4.79 Å². The highest BCUT2D eigenvalue weighted by molar-refractivity contribution is 5.90. The smallest absolute Gasteiger partial charge is 0.322 e. The summed E-state index contributed by atoms with van der Waals surface area (Å²) in [6, 6.07) is 15.4. The minimum Gasteiger partial charge on any atom is -0.497 e. The molecule has 1 saturated carbocycles. The van der Waals surface area contributed by atoms with E-state index in [2.05, 4.69) is 5.32 Å². The van der Waals surface area contributed by atoms with E-state index in [0.29, 0.717) is 12.6 Å². The van der Waals surface area contributed by atoms with Crippen LogP contribution in [-0.4, -0.2) is 31.2 Å². The van der Waals surface area contributed by atoms with E-state index in [1.807, 2.05) is 53.4 Å². The molecule has 1 fully saturated rings. The molecule has 0 aromatic heterocycles. The molecule has 2 aromatic carbocycles. The number of ether oxygens (including phenoxy) is 2. The Balaban J connectivity index is 1.69. The molecular formula is C19H22N2O3. The van der Waals surface area contributed by atoms with Crippen molar-refractivity contribution in [3.05, 3.63) is 54.1 Å². The molecule has 3 rings (SSSR count). The first-order chi connectivity index (χ1) is 11.7. The molecule has 0 atom stereocenters.